The summed E-state index contributed by atoms with van der Waals surface area (Å²) in [5.41, 5.74) is 2.02. The van der Waals surface area contributed by atoms with Crippen molar-refractivity contribution in [3.05, 3.63) is 22.7 Å². The molecule has 1 aromatic heterocycles. The molecule has 4 heteroatoms. The van der Waals surface area contributed by atoms with Gasteiger partial charge in [-0.2, -0.15) is 0 Å². The molecule has 2 aromatic rings. The van der Waals surface area contributed by atoms with Gasteiger partial charge in [0.25, 0.3) is 0 Å². The van der Waals surface area contributed by atoms with E-state index in [0.29, 0.717) is 4.47 Å². The molecule has 2 nitrogen and oxygen atoms in total. The van der Waals surface area contributed by atoms with Crippen molar-refractivity contribution in [1.29, 1.82) is 0 Å². The molecule has 90 valence electrons. The molecule has 0 bridgehead atoms. The number of hydrogen-bond donors (Lipinski definition) is 1. The number of nitrogens with one attached hydrogen (secondary N) is 1. The lowest BCUT2D eigenvalue weighted by Crippen LogP contribution is -1.85. The minimum atomic E-state index is 0.596. The number of nitrogens with zero attached hydrogens (tertiary/aromatic N) is 1. The second kappa shape index (κ2) is 8.36. The molecule has 0 fully saturated rings. The molecule has 0 radical (unpaired) electrons. The van der Waals surface area contributed by atoms with Crippen LogP contribution >= 0.6 is 22.9 Å². The van der Waals surface area contributed by atoms with Gasteiger partial charge >= 0.3 is 0 Å². The van der Waals surface area contributed by atoms with Crippen LogP contribution in [0.25, 0.3) is 10.2 Å². The summed E-state index contributed by atoms with van der Waals surface area (Å²) in [6.07, 6.45) is 0. The van der Waals surface area contributed by atoms with E-state index in [1.807, 2.05) is 52.9 Å². The molecule has 0 saturated heterocycles. The number of fused-ring (bicyclic) bond motifs is 1. The Labute approximate surface area is 107 Å². The van der Waals surface area contributed by atoms with E-state index in [4.69, 9.17) is 11.6 Å². The lowest BCUT2D eigenvalue weighted by molar-refractivity contribution is 1.47. The van der Waals surface area contributed by atoms with Crippen LogP contribution in [0.1, 0.15) is 27.7 Å². The molecule has 1 heterocycles. The highest BCUT2D eigenvalue weighted by Crippen LogP contribution is 2.27. The maximum Gasteiger partial charge on any atom is 0.184 e. The minimum Gasteiger partial charge on any atom is -0.388 e. The monoisotopic (exact) mass is 258 g/mol. The Morgan fingerprint density at radius 1 is 1.19 bits per heavy atom. The van der Waals surface area contributed by atoms with Gasteiger partial charge in [-0.05, 0) is 18.2 Å². The molecule has 0 amide bonds. The van der Waals surface area contributed by atoms with Gasteiger partial charge in [0.05, 0.1) is 10.2 Å². The number of thiazole rings is 1. The maximum absolute atomic E-state index is 5.77. The standard InChI is InChI=1S/C8H7ClN2S.2C2H6/c1-10-5-2-3-7-6(4-5)11-8(9)12-7;2*1-2/h2-4,10H,1H3;2*1-2H3. The number of anilines is 1. The highest BCUT2D eigenvalue weighted by Gasteiger charge is 2.00. The maximum atomic E-state index is 5.77. The summed E-state index contributed by atoms with van der Waals surface area (Å²) in [4.78, 5) is 4.17. The Balaban J connectivity index is 0.000000509. The number of halogens is 1. The SMILES string of the molecule is CC.CC.CNc1ccc2sc(Cl)nc2c1. The Kier molecular flexibility index (Phi) is 7.95. The summed E-state index contributed by atoms with van der Waals surface area (Å²) >= 11 is 7.26. The number of aromatic nitrogens is 1. The van der Waals surface area contributed by atoms with Crippen LogP contribution in [0, 0.1) is 0 Å². The van der Waals surface area contributed by atoms with E-state index in [0.717, 1.165) is 15.9 Å². The van der Waals surface area contributed by atoms with Crippen molar-refractivity contribution >= 4 is 38.8 Å². The summed E-state index contributed by atoms with van der Waals surface area (Å²) in [7, 11) is 1.88. The van der Waals surface area contributed by atoms with Crippen LogP contribution in [-0.2, 0) is 0 Å². The topological polar surface area (TPSA) is 24.9 Å². The molecule has 0 spiro atoms. The van der Waals surface area contributed by atoms with Gasteiger partial charge in [-0.15, -0.1) is 11.3 Å². The summed E-state index contributed by atoms with van der Waals surface area (Å²) in [6, 6.07) is 6.01. The normalized spacial score (nSPS) is 8.62. The first-order valence-corrected chi connectivity index (χ1v) is 6.73. The third-order valence-electron chi connectivity index (χ3n) is 1.65. The minimum absolute atomic E-state index is 0.596. The van der Waals surface area contributed by atoms with Crippen LogP contribution in [0.15, 0.2) is 18.2 Å². The van der Waals surface area contributed by atoms with Crippen LogP contribution in [-0.4, -0.2) is 12.0 Å². The first kappa shape index (κ1) is 15.2. The average molecular weight is 259 g/mol. The van der Waals surface area contributed by atoms with Crippen molar-refractivity contribution in [3.8, 4) is 0 Å². The second-order valence-electron chi connectivity index (χ2n) is 2.40. The van der Waals surface area contributed by atoms with Crippen molar-refractivity contribution < 1.29 is 0 Å². The van der Waals surface area contributed by atoms with Crippen LogP contribution in [0.2, 0.25) is 4.47 Å². The summed E-state index contributed by atoms with van der Waals surface area (Å²) in [5.74, 6) is 0. The molecule has 0 aliphatic carbocycles. The van der Waals surface area contributed by atoms with Crippen molar-refractivity contribution in [2.45, 2.75) is 27.7 Å². The van der Waals surface area contributed by atoms with Gasteiger partial charge in [-0.25, -0.2) is 4.98 Å². The fourth-order valence-corrected chi connectivity index (χ4v) is 2.07. The Morgan fingerprint density at radius 2 is 1.81 bits per heavy atom. The predicted octanol–water partition coefficient (Wildman–Crippen LogP) is 5.04. The molecule has 16 heavy (non-hydrogen) atoms. The first-order valence-electron chi connectivity index (χ1n) is 5.53. The van der Waals surface area contributed by atoms with E-state index in [1.165, 1.54) is 11.3 Å². The largest absolute Gasteiger partial charge is 0.388 e. The van der Waals surface area contributed by atoms with Gasteiger partial charge in [-0.1, -0.05) is 39.3 Å². The Bertz CT molecular complexity index is 412. The molecule has 0 aliphatic rings. The first-order chi connectivity index (χ1) is 7.79. The summed E-state index contributed by atoms with van der Waals surface area (Å²) in [5, 5.41) is 3.05. The van der Waals surface area contributed by atoms with E-state index in [9.17, 15) is 0 Å². The van der Waals surface area contributed by atoms with Crippen LogP contribution in [0.4, 0.5) is 5.69 Å². The molecule has 0 aliphatic heterocycles. The number of benzene rings is 1. The summed E-state index contributed by atoms with van der Waals surface area (Å²) < 4.78 is 1.72. The van der Waals surface area contributed by atoms with E-state index < -0.39 is 0 Å². The second-order valence-corrected chi connectivity index (χ2v) is 4.01. The van der Waals surface area contributed by atoms with Crippen molar-refractivity contribution in [1.82, 2.24) is 4.98 Å². The van der Waals surface area contributed by atoms with E-state index in [-0.39, 0.29) is 0 Å². The van der Waals surface area contributed by atoms with Gasteiger partial charge in [0.15, 0.2) is 4.47 Å². The Hall–Kier alpha value is -0.800. The third kappa shape index (κ3) is 3.99. The zero-order valence-electron chi connectivity index (χ0n) is 10.5. The molecular formula is C12H19ClN2S. The molecule has 1 N–H and O–H groups in total. The zero-order valence-corrected chi connectivity index (χ0v) is 12.0. The van der Waals surface area contributed by atoms with Gasteiger partial charge in [0, 0.05) is 12.7 Å². The molecule has 2 rings (SSSR count). The van der Waals surface area contributed by atoms with Crippen molar-refractivity contribution in [3.63, 3.8) is 0 Å². The summed E-state index contributed by atoms with van der Waals surface area (Å²) in [6.45, 7) is 8.00. The smallest absolute Gasteiger partial charge is 0.184 e. The molecule has 1 aromatic carbocycles. The number of rotatable bonds is 1. The molecule has 0 unspecified atom stereocenters. The van der Waals surface area contributed by atoms with Crippen molar-refractivity contribution in [2.24, 2.45) is 0 Å². The van der Waals surface area contributed by atoms with E-state index >= 15 is 0 Å². The van der Waals surface area contributed by atoms with Gasteiger partial charge in [0.1, 0.15) is 0 Å². The molecule has 0 saturated carbocycles. The lowest BCUT2D eigenvalue weighted by Gasteiger charge is -1.96. The quantitative estimate of drug-likeness (QED) is 0.775. The van der Waals surface area contributed by atoms with E-state index in [2.05, 4.69) is 10.3 Å². The molecular weight excluding hydrogens is 240 g/mol. The number of hydrogen-bond acceptors (Lipinski definition) is 3. The lowest BCUT2D eigenvalue weighted by atomic mass is 10.3. The highest BCUT2D eigenvalue weighted by molar-refractivity contribution is 7.22. The van der Waals surface area contributed by atoms with Gasteiger partial charge in [-0.3, -0.25) is 0 Å². The predicted molar refractivity (Wildman–Crippen MR) is 76.9 cm³/mol. The van der Waals surface area contributed by atoms with Gasteiger partial charge in [0.2, 0.25) is 0 Å². The van der Waals surface area contributed by atoms with Crippen LogP contribution in [0.3, 0.4) is 0 Å². The van der Waals surface area contributed by atoms with E-state index in [1.54, 1.807) is 0 Å². The Morgan fingerprint density at radius 3 is 2.38 bits per heavy atom. The van der Waals surface area contributed by atoms with Crippen LogP contribution < -0.4 is 5.32 Å². The fourth-order valence-electron chi connectivity index (χ4n) is 1.05. The average Bonchev–Trinajstić information content (AvgIpc) is 2.73. The highest BCUT2D eigenvalue weighted by atomic mass is 35.5. The molecule has 0 atom stereocenters. The van der Waals surface area contributed by atoms with Gasteiger partial charge < -0.3 is 5.32 Å². The zero-order chi connectivity index (χ0) is 12.6. The van der Waals surface area contributed by atoms with Crippen molar-refractivity contribution in [2.75, 3.05) is 12.4 Å². The van der Waals surface area contributed by atoms with Crippen LogP contribution in [0.5, 0.6) is 0 Å². The third-order valence-corrected chi connectivity index (χ3v) is 2.79. The fraction of sp³-hybridized carbons (Fsp3) is 0.417.